The average molecular weight is 257 g/mol. The molecule has 2 N–H and O–H groups in total. The molecule has 5 heteroatoms. The van der Waals surface area contributed by atoms with E-state index in [1.54, 1.807) is 0 Å². The van der Waals surface area contributed by atoms with Crippen LogP contribution in [0.4, 0.5) is 5.69 Å². The molecular formula is C12H17ClN2O2. The lowest BCUT2D eigenvalue weighted by Gasteiger charge is -2.15. The first kappa shape index (κ1) is 13.8. The molecule has 0 radical (unpaired) electrons. The van der Waals surface area contributed by atoms with Gasteiger partial charge in [0.15, 0.2) is 0 Å². The first-order valence-corrected chi connectivity index (χ1v) is 5.90. The van der Waals surface area contributed by atoms with E-state index < -0.39 is 5.97 Å². The molecule has 1 atom stereocenters. The van der Waals surface area contributed by atoms with Crippen LogP contribution in [0, 0.1) is 5.92 Å². The Labute approximate surface area is 106 Å². The molecule has 1 unspecified atom stereocenters. The Kier molecular flexibility index (Phi) is 4.75. The fourth-order valence-corrected chi connectivity index (χ4v) is 1.75. The molecule has 17 heavy (non-hydrogen) atoms. The van der Waals surface area contributed by atoms with E-state index in [1.807, 2.05) is 6.92 Å². The molecule has 0 aliphatic rings. The molecule has 1 heterocycles. The Morgan fingerprint density at radius 2 is 2.18 bits per heavy atom. The van der Waals surface area contributed by atoms with Crippen LogP contribution in [0.2, 0.25) is 5.15 Å². The molecule has 0 fully saturated rings. The summed E-state index contributed by atoms with van der Waals surface area (Å²) >= 11 is 5.81. The highest BCUT2D eigenvalue weighted by Crippen LogP contribution is 2.18. The molecule has 4 nitrogen and oxygen atoms in total. The number of nitrogens with zero attached hydrogens (tertiary/aromatic N) is 1. The van der Waals surface area contributed by atoms with Crippen molar-refractivity contribution in [1.82, 2.24) is 4.98 Å². The number of esters is 1. The third kappa shape index (κ3) is 4.23. The minimum atomic E-state index is -0.483. The topological polar surface area (TPSA) is 65.2 Å². The third-order valence-corrected chi connectivity index (χ3v) is 2.49. The summed E-state index contributed by atoms with van der Waals surface area (Å²) in [6.45, 7) is 5.99. The average Bonchev–Trinajstić information content (AvgIpc) is 2.20. The first-order valence-electron chi connectivity index (χ1n) is 5.52. The van der Waals surface area contributed by atoms with Crippen LogP contribution in [0.5, 0.6) is 0 Å². The number of carbonyl (C=O) groups is 1. The van der Waals surface area contributed by atoms with Crippen molar-refractivity contribution in [3.05, 3.63) is 23.0 Å². The smallest absolute Gasteiger partial charge is 0.341 e. The number of anilines is 1. The maximum Gasteiger partial charge on any atom is 0.341 e. The van der Waals surface area contributed by atoms with Crippen LogP contribution in [0.15, 0.2) is 12.3 Å². The van der Waals surface area contributed by atoms with Gasteiger partial charge in [0.1, 0.15) is 5.15 Å². The zero-order valence-corrected chi connectivity index (χ0v) is 11.0. The van der Waals surface area contributed by atoms with E-state index in [9.17, 15) is 4.79 Å². The lowest BCUT2D eigenvalue weighted by Crippen LogP contribution is -2.17. The van der Waals surface area contributed by atoms with E-state index in [1.165, 1.54) is 12.3 Å². The summed E-state index contributed by atoms with van der Waals surface area (Å²) in [5.41, 5.74) is 6.15. The molecule has 0 amide bonds. The molecule has 94 valence electrons. The predicted octanol–water partition coefficient (Wildman–Crippen LogP) is 2.91. The normalized spacial score (nSPS) is 12.5. The number of carbonyl (C=O) groups excluding carboxylic acids is 1. The van der Waals surface area contributed by atoms with Gasteiger partial charge in [-0.1, -0.05) is 25.4 Å². The van der Waals surface area contributed by atoms with Gasteiger partial charge in [-0.3, -0.25) is 0 Å². The molecular weight excluding hydrogens is 240 g/mol. The summed E-state index contributed by atoms with van der Waals surface area (Å²) < 4.78 is 5.26. The van der Waals surface area contributed by atoms with Crippen molar-refractivity contribution in [3.8, 4) is 0 Å². The molecule has 1 aromatic heterocycles. The highest BCUT2D eigenvalue weighted by atomic mass is 35.5. The van der Waals surface area contributed by atoms with Crippen molar-refractivity contribution in [3.63, 3.8) is 0 Å². The number of nitrogen functional groups attached to an aromatic ring is 1. The van der Waals surface area contributed by atoms with Crippen molar-refractivity contribution in [2.45, 2.75) is 33.3 Å². The quantitative estimate of drug-likeness (QED) is 0.665. The Balaban J connectivity index is 2.73. The molecule has 0 aromatic carbocycles. The Bertz CT molecular complexity index is 407. The lowest BCUT2D eigenvalue weighted by molar-refractivity contribution is 0.0299. The van der Waals surface area contributed by atoms with Crippen molar-refractivity contribution in [1.29, 1.82) is 0 Å². The summed E-state index contributed by atoms with van der Waals surface area (Å²) in [6, 6.07) is 1.47. The third-order valence-electron chi connectivity index (χ3n) is 2.19. The van der Waals surface area contributed by atoms with Crippen LogP contribution < -0.4 is 5.73 Å². The minimum Gasteiger partial charge on any atom is -0.459 e. The number of ether oxygens (including phenoxy) is 1. The molecule has 0 bridgehead atoms. The second kappa shape index (κ2) is 5.87. The van der Waals surface area contributed by atoms with Crippen LogP contribution in [0.1, 0.15) is 37.6 Å². The van der Waals surface area contributed by atoms with Gasteiger partial charge in [-0.25, -0.2) is 9.78 Å². The van der Waals surface area contributed by atoms with E-state index in [0.717, 1.165) is 6.42 Å². The van der Waals surface area contributed by atoms with Gasteiger partial charge in [0.25, 0.3) is 0 Å². The van der Waals surface area contributed by atoms with Crippen molar-refractivity contribution in [2.75, 3.05) is 5.73 Å². The Hall–Kier alpha value is -1.29. The zero-order valence-electron chi connectivity index (χ0n) is 10.2. The fourth-order valence-electron chi connectivity index (χ4n) is 1.57. The fraction of sp³-hybridized carbons (Fsp3) is 0.500. The van der Waals surface area contributed by atoms with Gasteiger partial charge >= 0.3 is 5.97 Å². The van der Waals surface area contributed by atoms with Gasteiger partial charge in [-0.2, -0.15) is 0 Å². The van der Waals surface area contributed by atoms with E-state index in [4.69, 9.17) is 22.1 Å². The molecule has 0 aliphatic carbocycles. The molecule has 0 saturated carbocycles. The van der Waals surface area contributed by atoms with Gasteiger partial charge in [0, 0.05) is 0 Å². The van der Waals surface area contributed by atoms with Gasteiger partial charge in [-0.05, 0) is 25.3 Å². The number of halogens is 1. The van der Waals surface area contributed by atoms with E-state index >= 15 is 0 Å². The second-order valence-corrected chi connectivity index (χ2v) is 4.81. The predicted molar refractivity (Wildman–Crippen MR) is 68.0 cm³/mol. The Morgan fingerprint density at radius 3 is 2.76 bits per heavy atom. The molecule has 0 aliphatic heterocycles. The largest absolute Gasteiger partial charge is 0.459 e. The minimum absolute atomic E-state index is 0.112. The van der Waals surface area contributed by atoms with Gasteiger partial charge < -0.3 is 10.5 Å². The SMILES string of the molecule is CC(C)CC(C)OC(=O)c1cc(N)cnc1Cl. The summed E-state index contributed by atoms with van der Waals surface area (Å²) in [7, 11) is 0. The van der Waals surface area contributed by atoms with Crippen LogP contribution >= 0.6 is 11.6 Å². The molecule has 0 saturated heterocycles. The monoisotopic (exact) mass is 256 g/mol. The standard InChI is InChI=1S/C12H17ClN2O2/c1-7(2)4-8(3)17-12(16)10-5-9(14)6-15-11(10)13/h5-8H,4,14H2,1-3H3. The summed E-state index contributed by atoms with van der Waals surface area (Å²) in [6.07, 6.45) is 2.05. The second-order valence-electron chi connectivity index (χ2n) is 4.45. The van der Waals surface area contributed by atoms with Crippen LogP contribution in [0.25, 0.3) is 0 Å². The van der Waals surface area contributed by atoms with Crippen LogP contribution in [-0.4, -0.2) is 17.1 Å². The lowest BCUT2D eigenvalue weighted by atomic mass is 10.1. The number of aromatic nitrogens is 1. The highest BCUT2D eigenvalue weighted by Gasteiger charge is 2.17. The number of nitrogens with two attached hydrogens (primary N) is 1. The number of hydrogen-bond donors (Lipinski definition) is 1. The van der Waals surface area contributed by atoms with Gasteiger partial charge in [0.05, 0.1) is 23.6 Å². The van der Waals surface area contributed by atoms with Crippen molar-refractivity contribution >= 4 is 23.3 Å². The highest BCUT2D eigenvalue weighted by molar-refractivity contribution is 6.32. The molecule has 1 rings (SSSR count). The maximum absolute atomic E-state index is 11.8. The maximum atomic E-state index is 11.8. The summed E-state index contributed by atoms with van der Waals surface area (Å²) in [4.78, 5) is 15.6. The van der Waals surface area contributed by atoms with Crippen LogP contribution in [0.3, 0.4) is 0 Å². The van der Waals surface area contributed by atoms with Gasteiger partial charge in [0.2, 0.25) is 0 Å². The van der Waals surface area contributed by atoms with E-state index in [-0.39, 0.29) is 16.8 Å². The number of pyridine rings is 1. The number of hydrogen-bond acceptors (Lipinski definition) is 4. The summed E-state index contributed by atoms with van der Waals surface area (Å²) in [5.74, 6) is -0.0183. The molecule has 0 spiro atoms. The van der Waals surface area contributed by atoms with E-state index in [2.05, 4.69) is 18.8 Å². The van der Waals surface area contributed by atoms with Gasteiger partial charge in [-0.15, -0.1) is 0 Å². The first-order chi connectivity index (χ1) is 7.90. The van der Waals surface area contributed by atoms with Crippen molar-refractivity contribution in [2.24, 2.45) is 5.92 Å². The Morgan fingerprint density at radius 1 is 1.53 bits per heavy atom. The van der Waals surface area contributed by atoms with Crippen molar-refractivity contribution < 1.29 is 9.53 Å². The van der Waals surface area contributed by atoms with Crippen LogP contribution in [-0.2, 0) is 4.74 Å². The summed E-state index contributed by atoms with van der Waals surface area (Å²) in [5, 5.41) is 0.112. The zero-order chi connectivity index (χ0) is 13.0. The van der Waals surface area contributed by atoms with E-state index in [0.29, 0.717) is 11.6 Å². The molecule has 1 aromatic rings. The number of rotatable bonds is 4.